The Hall–Kier alpha value is -12.2. The van der Waals surface area contributed by atoms with Gasteiger partial charge in [0.05, 0.1) is 45.6 Å². The second kappa shape index (κ2) is 44.4. The fourth-order valence-corrected chi connectivity index (χ4v) is 15.7. The topological polar surface area (TPSA) is 288 Å². The molecule has 25 nitrogen and oxygen atoms in total. The number of fused-ring (bicyclic) bond motifs is 6. The number of carbonyl (C=O) groups is 3. The molecule has 1 atom stereocenters. The van der Waals surface area contributed by atoms with Crippen molar-refractivity contribution < 1.29 is 33.7 Å². The maximum absolute atomic E-state index is 12.8. The quantitative estimate of drug-likeness (QED) is 0.0154. The molecule has 122 heavy (non-hydrogen) atoms. The van der Waals surface area contributed by atoms with Gasteiger partial charge in [0.25, 0.3) is 5.91 Å². The molecule has 13 aromatic rings. The number of nitrogen functional groups attached to an aromatic ring is 1. The van der Waals surface area contributed by atoms with E-state index in [1.165, 1.54) is 66.4 Å². The number of imidazole rings is 1. The van der Waals surface area contributed by atoms with Crippen molar-refractivity contribution >= 4 is 112 Å². The van der Waals surface area contributed by atoms with Gasteiger partial charge in [-0.05, 0) is 213 Å². The zero-order valence-electron chi connectivity index (χ0n) is 71.2. The number of nitrogens with zero attached hydrogens (tertiary/aromatic N) is 14. The second-order valence-electron chi connectivity index (χ2n) is 30.5. The SMILES string of the molecule is Brc1ccc(-c2ncn[nH]2)cc1.CC(Nc1nc(N2CCCC2)nc2ccccc12)c1ccccc1.CCCCN(CCCC)CCCNC(=O)c1ccc2c(c1)sc1nc(-c3ccc(OC)cc3)cn12.CCN1CCN(c2cc(C)nc(C)n2)CC1.Cc1ccc(OCC2=Nc3cc(N)ccc3C2)cc1.Cc1ccc2c(c1)N(CC(=O)O)CC(=O)O2. The van der Waals surface area contributed by atoms with E-state index in [0.29, 0.717) is 30.2 Å². The van der Waals surface area contributed by atoms with Gasteiger partial charge < -0.3 is 60.2 Å². The monoisotopic (exact) mass is 1730 g/mol. The zero-order chi connectivity index (χ0) is 85.9. The van der Waals surface area contributed by atoms with Gasteiger partial charge in [0.1, 0.15) is 55.0 Å². The highest BCUT2D eigenvalue weighted by Gasteiger charge is 2.27. The lowest BCUT2D eigenvalue weighted by atomic mass is 10.1. The van der Waals surface area contributed by atoms with E-state index in [9.17, 15) is 14.4 Å². The van der Waals surface area contributed by atoms with E-state index in [1.54, 1.807) is 24.5 Å². The third-order valence-electron chi connectivity index (χ3n) is 21.1. The number of likely N-dealkylation sites (N-methyl/N-ethyl adjacent to an activating group) is 1. The van der Waals surface area contributed by atoms with Gasteiger partial charge in [0.2, 0.25) is 5.95 Å². The van der Waals surface area contributed by atoms with Crippen molar-refractivity contribution in [2.45, 2.75) is 113 Å². The Morgan fingerprint density at radius 3 is 2.12 bits per heavy atom. The molecule has 6 N–H and O–H groups in total. The normalized spacial score (nSPS) is 13.6. The maximum Gasteiger partial charge on any atom is 0.331 e. The molecule has 4 aliphatic rings. The van der Waals surface area contributed by atoms with Gasteiger partial charge in [0, 0.05) is 108 Å². The van der Waals surface area contributed by atoms with Crippen LogP contribution in [-0.4, -0.2) is 182 Å². The molecule has 0 bridgehead atoms. The van der Waals surface area contributed by atoms with Crippen LogP contribution in [-0.2, 0) is 16.0 Å². The highest BCUT2D eigenvalue weighted by atomic mass is 79.9. The summed E-state index contributed by atoms with van der Waals surface area (Å²) in [5.74, 6) is 5.22. The van der Waals surface area contributed by atoms with Crippen LogP contribution >= 0.6 is 27.3 Å². The van der Waals surface area contributed by atoms with Crippen molar-refractivity contribution in [3.05, 3.63) is 244 Å². The van der Waals surface area contributed by atoms with Gasteiger partial charge in [-0.1, -0.05) is 145 Å². The lowest BCUT2D eigenvalue weighted by Gasteiger charge is -2.34. The average molecular weight is 1730 g/mol. The number of aliphatic imine (C=N–C) groups is 1. The number of hydrogen-bond donors (Lipinski definition) is 5. The molecule has 2 saturated heterocycles. The zero-order valence-corrected chi connectivity index (χ0v) is 73.6. The number of para-hydroxylation sites is 1. The molecule has 0 saturated carbocycles. The van der Waals surface area contributed by atoms with Crippen LogP contribution in [0.5, 0.6) is 17.2 Å². The number of H-pyrrole nitrogens is 1. The van der Waals surface area contributed by atoms with E-state index < -0.39 is 11.9 Å². The number of aryl methyl sites for hydroxylation is 4. The number of hydrogen-bond acceptors (Lipinski definition) is 22. The average Bonchev–Trinajstić information content (AvgIpc) is 1.61. The lowest BCUT2D eigenvalue weighted by Crippen LogP contribution is -2.46. The van der Waals surface area contributed by atoms with Gasteiger partial charge in [-0.2, -0.15) is 10.1 Å². The summed E-state index contributed by atoms with van der Waals surface area (Å²) in [4.78, 5) is 78.6. The molecular formula is C95H111BrN18O7S. The van der Waals surface area contributed by atoms with Crippen molar-refractivity contribution in [2.75, 3.05) is 125 Å². The number of nitrogens with two attached hydrogens (primary N) is 1. The number of piperazine rings is 1. The summed E-state index contributed by atoms with van der Waals surface area (Å²) in [7, 11) is 1.67. The van der Waals surface area contributed by atoms with E-state index >= 15 is 0 Å². The number of thiazole rings is 1. The van der Waals surface area contributed by atoms with E-state index in [2.05, 4.69) is 164 Å². The minimum absolute atomic E-state index is 0.00877. The number of halogens is 1. The molecule has 0 aliphatic carbocycles. The van der Waals surface area contributed by atoms with Crippen molar-refractivity contribution in [3.8, 4) is 39.9 Å². The first kappa shape index (κ1) is 89.1. The van der Waals surface area contributed by atoms with E-state index in [-0.39, 0.29) is 25.0 Å². The lowest BCUT2D eigenvalue weighted by molar-refractivity contribution is -0.136. The van der Waals surface area contributed by atoms with E-state index in [0.717, 1.165) is 195 Å². The number of aromatic nitrogens is 9. The number of rotatable bonds is 25. The first-order valence-corrected chi connectivity index (χ1v) is 43.6. The summed E-state index contributed by atoms with van der Waals surface area (Å²) in [6.07, 6.45) is 12.7. The van der Waals surface area contributed by atoms with Crippen molar-refractivity contribution in [1.29, 1.82) is 0 Å². The number of carboxylic acid groups (broad SMARTS) is 1. The largest absolute Gasteiger partial charge is 0.497 e. The molecule has 27 heteroatoms. The molecule has 0 spiro atoms. The molecule has 636 valence electrons. The Kier molecular flexibility index (Phi) is 32.4. The molecule has 5 aromatic heterocycles. The fraction of sp³-hybridized carbons (Fsp3) is 0.337. The number of esters is 1. The van der Waals surface area contributed by atoms with Crippen LogP contribution in [0.2, 0.25) is 0 Å². The van der Waals surface area contributed by atoms with Crippen LogP contribution in [0.4, 0.5) is 34.6 Å². The summed E-state index contributed by atoms with van der Waals surface area (Å²) in [6, 6.07) is 61.9. The molecule has 9 heterocycles. The second-order valence-corrected chi connectivity index (χ2v) is 32.5. The van der Waals surface area contributed by atoms with E-state index in [1.807, 2.05) is 160 Å². The smallest absolute Gasteiger partial charge is 0.331 e. The van der Waals surface area contributed by atoms with Crippen LogP contribution in [0.3, 0.4) is 0 Å². The third-order valence-corrected chi connectivity index (χ3v) is 22.7. The van der Waals surface area contributed by atoms with Crippen molar-refractivity contribution in [1.82, 2.24) is 59.6 Å². The van der Waals surface area contributed by atoms with Gasteiger partial charge in [-0.15, -0.1) is 0 Å². The molecule has 2 fully saturated rings. The number of carboxylic acids is 1. The van der Waals surface area contributed by atoms with Crippen molar-refractivity contribution in [2.24, 2.45) is 4.99 Å². The number of benzene rings is 8. The number of nitrogens with one attached hydrogen (secondary N) is 3. The van der Waals surface area contributed by atoms with Gasteiger partial charge in [0.15, 0.2) is 16.5 Å². The minimum Gasteiger partial charge on any atom is -0.497 e. The number of amides is 1. The van der Waals surface area contributed by atoms with Gasteiger partial charge in [-0.25, -0.2) is 29.7 Å². The number of methoxy groups -OCH3 is 1. The summed E-state index contributed by atoms with van der Waals surface area (Å²) in [5, 5.41) is 23.1. The maximum atomic E-state index is 12.8. The van der Waals surface area contributed by atoms with Crippen molar-refractivity contribution in [3.63, 3.8) is 0 Å². The standard InChI is InChI=1S/C28H36N4O2S.C20H22N4.C16H16N2O.C12H20N4.C11H11NO4.C8H6BrN3/c1-4-6-16-31(17-7-5-2)18-8-15-29-27(33)22-11-14-25-26(19-22)35-28-30-24(20-32(25)28)21-9-12-23(34-3)13-10-21;1-15(16-9-3-2-4-10-16)21-19-17-11-5-6-12-18(17)22-20(23-19)24-13-7-8-14-24;1-11-2-6-15(7-3-11)19-10-14-8-12-4-5-13(17)9-16(12)18-14;1-4-15-5-7-16(8-6-15)12-9-10(2)13-11(3)14-12;1-7-2-3-9-8(4-7)12(5-10(13)14)6-11(15)16-9;9-7-3-1-6(2-4-7)8-10-5-11-12-8/h9-14,19-20H,4-8,15-18H2,1-3H3,(H,29,33);2-6,9-12,15H,7-8,13-14H2,1H3,(H,21,22,23);2-7,9H,8,10,17H2,1H3;9H,4-8H2,1-3H3;2-4H,5-6H2,1H3,(H,13,14);1-5H,(H,10,11,12). The molecular weight excluding hydrogens is 1620 g/mol. The fourth-order valence-electron chi connectivity index (χ4n) is 14.4. The Bertz CT molecular complexity index is 5560. The third kappa shape index (κ3) is 25.5. The highest BCUT2D eigenvalue weighted by molar-refractivity contribution is 9.10. The number of aliphatic carboxylic acids is 1. The Morgan fingerprint density at radius 1 is 0.721 bits per heavy atom. The number of aromatic amines is 1. The summed E-state index contributed by atoms with van der Waals surface area (Å²) >= 11 is 4.97. The summed E-state index contributed by atoms with van der Waals surface area (Å²) in [5.41, 5.74) is 20.7. The van der Waals surface area contributed by atoms with E-state index in [4.69, 9.17) is 40.0 Å². The van der Waals surface area contributed by atoms with Gasteiger partial charge in [-0.3, -0.25) is 24.1 Å². The molecule has 4 aliphatic heterocycles. The molecule has 8 aromatic carbocycles. The predicted octanol–water partition coefficient (Wildman–Crippen LogP) is 18.2. The Labute approximate surface area is 727 Å². The molecule has 1 unspecified atom stereocenters. The summed E-state index contributed by atoms with van der Waals surface area (Å²) in [6.45, 7) is 28.8. The Balaban J connectivity index is 0.000000139. The van der Waals surface area contributed by atoms with Crippen LogP contribution in [0.25, 0.3) is 48.7 Å². The highest BCUT2D eigenvalue weighted by Crippen LogP contribution is 2.35. The number of carbonyl (C=O) groups excluding carboxylic acids is 2. The first-order chi connectivity index (χ1) is 59.2. The first-order valence-electron chi connectivity index (χ1n) is 42.0. The molecule has 1 amide bonds. The summed E-state index contributed by atoms with van der Waals surface area (Å²) < 4.78 is 20.2. The van der Waals surface area contributed by atoms with Crippen LogP contribution in [0, 0.1) is 27.7 Å². The number of ether oxygens (including phenoxy) is 3. The number of unbranched alkanes of at least 4 members (excludes halogenated alkanes) is 2. The van der Waals surface area contributed by atoms with Gasteiger partial charge >= 0.3 is 11.9 Å². The van der Waals surface area contributed by atoms with Crippen LogP contribution < -0.4 is 45.3 Å². The minimum atomic E-state index is -0.970. The molecule has 0 radical (unpaired) electrons. The van der Waals surface area contributed by atoms with Crippen LogP contribution in [0.15, 0.2) is 210 Å². The molecule has 17 rings (SSSR count). The Morgan fingerprint density at radius 2 is 1.43 bits per heavy atom. The predicted molar refractivity (Wildman–Crippen MR) is 496 cm³/mol. The van der Waals surface area contributed by atoms with Crippen LogP contribution in [0.1, 0.15) is 123 Å². The number of anilines is 5.